The van der Waals surface area contributed by atoms with Crippen LogP contribution in [0.4, 0.5) is 0 Å². The summed E-state index contributed by atoms with van der Waals surface area (Å²) in [6.45, 7) is 8.37. The van der Waals surface area contributed by atoms with Crippen molar-refractivity contribution < 1.29 is 14.3 Å². The largest absolute Gasteiger partial charge is 0.484 e. The molecule has 0 heterocycles. The van der Waals surface area contributed by atoms with Crippen LogP contribution < -0.4 is 10.1 Å². The van der Waals surface area contributed by atoms with Crippen molar-refractivity contribution in [2.45, 2.75) is 46.7 Å². The van der Waals surface area contributed by atoms with Crippen molar-refractivity contribution in [3.05, 3.63) is 64.2 Å². The summed E-state index contributed by atoms with van der Waals surface area (Å²) < 4.78 is 5.68. The lowest BCUT2D eigenvalue weighted by Crippen LogP contribution is -2.49. The number of nitrogens with one attached hydrogen (secondary N) is 1. The normalized spacial score (nSPS) is 11.6. The zero-order valence-corrected chi connectivity index (χ0v) is 18.3. The molecule has 2 aromatic rings. The van der Waals surface area contributed by atoms with Gasteiger partial charge in [0, 0.05) is 18.1 Å². The Bertz CT molecular complexity index is 854. The molecule has 5 nitrogen and oxygen atoms in total. The van der Waals surface area contributed by atoms with Gasteiger partial charge in [-0.1, -0.05) is 42.8 Å². The molecule has 2 rings (SSSR count). The molecule has 0 aromatic heterocycles. The van der Waals surface area contributed by atoms with Crippen LogP contribution >= 0.6 is 11.6 Å². The molecular weight excluding hydrogens is 388 g/mol. The molecule has 2 amide bonds. The lowest BCUT2D eigenvalue weighted by molar-refractivity contribution is -0.142. The molecule has 0 saturated heterocycles. The number of benzene rings is 2. The van der Waals surface area contributed by atoms with Crippen LogP contribution in [0.1, 0.15) is 37.0 Å². The molecule has 0 saturated carbocycles. The number of nitrogens with zero attached hydrogens (tertiary/aromatic N) is 1. The van der Waals surface area contributed by atoms with E-state index in [9.17, 15) is 9.59 Å². The predicted octanol–water partition coefficient (Wildman–Crippen LogP) is 4.28. The average molecular weight is 417 g/mol. The van der Waals surface area contributed by atoms with E-state index in [4.69, 9.17) is 16.3 Å². The van der Waals surface area contributed by atoms with Gasteiger partial charge in [-0.05, 0) is 62.1 Å². The maximum Gasteiger partial charge on any atom is 0.261 e. The molecule has 0 aliphatic heterocycles. The molecule has 0 aliphatic rings. The minimum atomic E-state index is -0.607. The van der Waals surface area contributed by atoms with E-state index in [1.807, 2.05) is 45.0 Å². The average Bonchev–Trinajstić information content (AvgIpc) is 2.71. The highest BCUT2D eigenvalue weighted by molar-refractivity contribution is 6.31. The molecule has 29 heavy (non-hydrogen) atoms. The first-order valence-corrected chi connectivity index (χ1v) is 10.2. The highest BCUT2D eigenvalue weighted by Gasteiger charge is 2.26. The third kappa shape index (κ3) is 6.50. The van der Waals surface area contributed by atoms with Gasteiger partial charge in [-0.3, -0.25) is 9.59 Å². The van der Waals surface area contributed by atoms with Crippen molar-refractivity contribution in [1.82, 2.24) is 10.2 Å². The monoisotopic (exact) mass is 416 g/mol. The first-order chi connectivity index (χ1) is 13.8. The summed E-state index contributed by atoms with van der Waals surface area (Å²) in [6, 6.07) is 12.5. The van der Waals surface area contributed by atoms with E-state index in [1.54, 1.807) is 30.0 Å². The quantitative estimate of drug-likeness (QED) is 0.663. The van der Waals surface area contributed by atoms with Crippen LogP contribution in [-0.4, -0.2) is 35.9 Å². The van der Waals surface area contributed by atoms with Crippen molar-refractivity contribution in [2.24, 2.45) is 0 Å². The third-order valence-electron chi connectivity index (χ3n) is 4.81. The number of halogens is 1. The summed E-state index contributed by atoms with van der Waals surface area (Å²) in [7, 11) is 0. The molecule has 0 fully saturated rings. The van der Waals surface area contributed by atoms with Gasteiger partial charge in [-0.2, -0.15) is 0 Å². The van der Waals surface area contributed by atoms with Crippen LogP contribution in [0.5, 0.6) is 5.75 Å². The van der Waals surface area contributed by atoms with Crippen molar-refractivity contribution in [2.75, 3.05) is 13.2 Å². The van der Waals surface area contributed by atoms with Gasteiger partial charge in [0.1, 0.15) is 11.8 Å². The minimum Gasteiger partial charge on any atom is -0.484 e. The van der Waals surface area contributed by atoms with E-state index in [0.717, 1.165) is 23.1 Å². The fraction of sp³-hybridized carbons (Fsp3) is 0.391. The lowest BCUT2D eigenvalue weighted by Gasteiger charge is -2.29. The number of carbonyl (C=O) groups is 2. The summed E-state index contributed by atoms with van der Waals surface area (Å²) in [5.41, 5.74) is 2.94. The van der Waals surface area contributed by atoms with Gasteiger partial charge in [0.2, 0.25) is 5.91 Å². The molecule has 0 radical (unpaired) electrons. The molecule has 1 N–H and O–H groups in total. The summed E-state index contributed by atoms with van der Waals surface area (Å²) in [5, 5.41) is 3.51. The van der Waals surface area contributed by atoms with E-state index in [-0.39, 0.29) is 18.4 Å². The third-order valence-corrected chi connectivity index (χ3v) is 5.23. The first-order valence-electron chi connectivity index (χ1n) is 9.84. The fourth-order valence-electron chi connectivity index (χ4n) is 2.88. The van der Waals surface area contributed by atoms with Gasteiger partial charge in [0.15, 0.2) is 6.61 Å². The maximum atomic E-state index is 13.0. The van der Waals surface area contributed by atoms with Gasteiger partial charge in [0.25, 0.3) is 5.91 Å². The zero-order chi connectivity index (χ0) is 21.4. The van der Waals surface area contributed by atoms with Crippen molar-refractivity contribution >= 4 is 23.4 Å². The zero-order valence-electron chi connectivity index (χ0n) is 17.5. The topological polar surface area (TPSA) is 58.6 Å². The highest BCUT2D eigenvalue weighted by Crippen LogP contribution is 2.21. The summed E-state index contributed by atoms with van der Waals surface area (Å²) in [6.07, 6.45) is 0.837. The highest BCUT2D eigenvalue weighted by atomic mass is 35.5. The van der Waals surface area contributed by atoms with Crippen molar-refractivity contribution in [3.8, 4) is 5.75 Å². The molecule has 0 aliphatic carbocycles. The Morgan fingerprint density at radius 2 is 1.86 bits per heavy atom. The van der Waals surface area contributed by atoms with Gasteiger partial charge in [0.05, 0.1) is 0 Å². The van der Waals surface area contributed by atoms with Crippen LogP contribution in [0.3, 0.4) is 0 Å². The molecule has 156 valence electrons. The van der Waals surface area contributed by atoms with Crippen LogP contribution in [0.25, 0.3) is 0 Å². The molecule has 1 atom stereocenters. The smallest absolute Gasteiger partial charge is 0.261 e. The van der Waals surface area contributed by atoms with Crippen LogP contribution in [0.2, 0.25) is 5.02 Å². The Morgan fingerprint density at radius 3 is 2.52 bits per heavy atom. The summed E-state index contributed by atoms with van der Waals surface area (Å²) >= 11 is 6.04. The van der Waals surface area contributed by atoms with Crippen molar-refractivity contribution in [3.63, 3.8) is 0 Å². The predicted molar refractivity (Wildman–Crippen MR) is 116 cm³/mol. The Hall–Kier alpha value is -2.53. The molecule has 0 spiro atoms. The standard InChI is InChI=1S/C23H29ClN2O3/c1-5-12-25-23(28)18(4)26(14-19-9-7-6-8-16(19)2)22(27)15-29-20-10-11-21(24)17(3)13-20/h6-11,13,18H,5,12,14-15H2,1-4H3,(H,25,28)/t18-/m0/s1. The van der Waals surface area contributed by atoms with E-state index in [1.165, 1.54) is 0 Å². The summed E-state index contributed by atoms with van der Waals surface area (Å²) in [5.74, 6) is 0.148. The number of rotatable bonds is 9. The van der Waals surface area contributed by atoms with Gasteiger partial charge >= 0.3 is 0 Å². The maximum absolute atomic E-state index is 13.0. The molecular formula is C23H29ClN2O3. The number of aryl methyl sites for hydroxylation is 2. The second-order valence-electron chi connectivity index (χ2n) is 7.11. The van der Waals surface area contributed by atoms with E-state index >= 15 is 0 Å². The number of amides is 2. The first kappa shape index (κ1) is 22.8. The van der Waals surface area contributed by atoms with E-state index in [2.05, 4.69) is 5.32 Å². The van der Waals surface area contributed by atoms with Gasteiger partial charge in [-0.25, -0.2) is 0 Å². The number of ether oxygens (including phenoxy) is 1. The van der Waals surface area contributed by atoms with Crippen LogP contribution in [0, 0.1) is 13.8 Å². The molecule has 6 heteroatoms. The molecule has 2 aromatic carbocycles. The number of hydrogen-bond acceptors (Lipinski definition) is 3. The number of hydrogen-bond donors (Lipinski definition) is 1. The van der Waals surface area contributed by atoms with Crippen LogP contribution in [-0.2, 0) is 16.1 Å². The van der Waals surface area contributed by atoms with Crippen molar-refractivity contribution in [1.29, 1.82) is 0 Å². The Labute approximate surface area is 178 Å². The fourth-order valence-corrected chi connectivity index (χ4v) is 3.00. The molecule has 0 bridgehead atoms. The Balaban J connectivity index is 2.15. The Kier molecular flexibility index (Phi) is 8.52. The second kappa shape index (κ2) is 10.9. The SMILES string of the molecule is CCCNC(=O)[C@H](C)N(Cc1ccccc1C)C(=O)COc1ccc(Cl)c(C)c1. The summed E-state index contributed by atoms with van der Waals surface area (Å²) in [4.78, 5) is 27.1. The Morgan fingerprint density at radius 1 is 1.14 bits per heavy atom. The van der Waals surface area contributed by atoms with Gasteiger partial charge < -0.3 is 15.0 Å². The van der Waals surface area contributed by atoms with E-state index < -0.39 is 6.04 Å². The van der Waals surface area contributed by atoms with Gasteiger partial charge in [-0.15, -0.1) is 0 Å². The number of carbonyl (C=O) groups excluding carboxylic acids is 2. The molecule has 0 unspecified atom stereocenters. The lowest BCUT2D eigenvalue weighted by atomic mass is 10.1. The van der Waals surface area contributed by atoms with E-state index in [0.29, 0.717) is 23.9 Å². The van der Waals surface area contributed by atoms with Crippen LogP contribution in [0.15, 0.2) is 42.5 Å². The second-order valence-corrected chi connectivity index (χ2v) is 7.52. The minimum absolute atomic E-state index is 0.154.